The first kappa shape index (κ1) is 13.9. The van der Waals surface area contributed by atoms with Gasteiger partial charge in [0.05, 0.1) is 6.42 Å². The number of hydrogen-bond donors (Lipinski definition) is 0. The van der Waals surface area contributed by atoms with Crippen molar-refractivity contribution < 1.29 is 28.8 Å². The molecule has 0 N–H and O–H groups in total. The Kier molecular flexibility index (Phi) is 3.64. The molecule has 106 valence electrons. The van der Waals surface area contributed by atoms with E-state index in [2.05, 4.69) is 4.84 Å². The second-order valence-electron chi connectivity index (χ2n) is 4.42. The summed E-state index contributed by atoms with van der Waals surface area (Å²) in [7, 11) is 0. The molecule has 8 nitrogen and oxygen atoms in total. The van der Waals surface area contributed by atoms with Crippen LogP contribution >= 0.6 is 0 Å². The second-order valence-corrected chi connectivity index (χ2v) is 4.42. The first-order chi connectivity index (χ1) is 9.40. The third-order valence-electron chi connectivity index (χ3n) is 2.93. The summed E-state index contributed by atoms with van der Waals surface area (Å²) >= 11 is 0. The summed E-state index contributed by atoms with van der Waals surface area (Å²) in [4.78, 5) is 62.5. The highest BCUT2D eigenvalue weighted by atomic mass is 16.7. The fourth-order valence-corrected chi connectivity index (χ4v) is 1.86. The average molecular weight is 280 g/mol. The summed E-state index contributed by atoms with van der Waals surface area (Å²) in [6.45, 7) is 1.35. The molecule has 2 heterocycles. The van der Waals surface area contributed by atoms with Crippen molar-refractivity contribution in [1.29, 1.82) is 0 Å². The minimum Gasteiger partial charge on any atom is -0.330 e. The number of hydroxylamine groups is 2. The van der Waals surface area contributed by atoms with Crippen LogP contribution in [-0.2, 0) is 28.8 Å². The van der Waals surface area contributed by atoms with Crippen molar-refractivity contribution in [2.45, 2.75) is 26.2 Å². The number of carbonyl (C=O) groups is 5. The van der Waals surface area contributed by atoms with Crippen LogP contribution in [0.4, 0.5) is 0 Å². The second kappa shape index (κ2) is 5.24. The molecule has 8 heteroatoms. The predicted octanol–water partition coefficient (Wildman–Crippen LogP) is -0.701. The van der Waals surface area contributed by atoms with Gasteiger partial charge in [0.1, 0.15) is 0 Å². The summed E-state index contributed by atoms with van der Waals surface area (Å²) < 4.78 is 0. The minimum atomic E-state index is -0.848. The average Bonchev–Trinajstić information content (AvgIpc) is 2.82. The molecule has 0 atom stereocenters. The summed E-state index contributed by atoms with van der Waals surface area (Å²) in [5.74, 6) is -2.95. The molecule has 1 saturated heterocycles. The monoisotopic (exact) mass is 280 g/mol. The minimum absolute atomic E-state index is 0.0122. The van der Waals surface area contributed by atoms with Crippen LogP contribution in [0.3, 0.4) is 0 Å². The Balaban J connectivity index is 1.84. The van der Waals surface area contributed by atoms with Crippen LogP contribution in [0.5, 0.6) is 0 Å². The molecular weight excluding hydrogens is 268 g/mol. The maximum atomic E-state index is 11.5. The van der Waals surface area contributed by atoms with Crippen LogP contribution in [0.2, 0.25) is 0 Å². The summed E-state index contributed by atoms with van der Waals surface area (Å²) in [5.41, 5.74) is 0.299. The summed E-state index contributed by atoms with van der Waals surface area (Å²) in [5, 5.41) is 0.430. The standard InChI is InChI=1S/C12H12N2O6/c1-7-6-10(17)13(12(7)19)5-4-11(18)20-14-8(15)2-3-9(14)16/h6H,2-5H2,1H3. The molecule has 0 saturated carbocycles. The van der Waals surface area contributed by atoms with Crippen LogP contribution in [0.15, 0.2) is 11.6 Å². The largest absolute Gasteiger partial charge is 0.335 e. The number of nitrogens with zero attached hydrogens (tertiary/aromatic N) is 2. The Morgan fingerprint density at radius 3 is 2.30 bits per heavy atom. The lowest BCUT2D eigenvalue weighted by Crippen LogP contribution is -2.36. The van der Waals surface area contributed by atoms with Crippen LogP contribution in [0, 0.1) is 0 Å². The summed E-state index contributed by atoms with van der Waals surface area (Å²) in [6, 6.07) is 0. The van der Waals surface area contributed by atoms with Crippen molar-refractivity contribution in [3.05, 3.63) is 11.6 Å². The SMILES string of the molecule is CC1=CC(=O)N(CCC(=O)ON2C(=O)CCC2=O)C1=O. The molecule has 0 aromatic carbocycles. The van der Waals surface area contributed by atoms with E-state index in [1.807, 2.05) is 0 Å². The van der Waals surface area contributed by atoms with Gasteiger partial charge in [-0.2, -0.15) is 0 Å². The van der Waals surface area contributed by atoms with E-state index in [1.54, 1.807) is 0 Å². The molecule has 0 radical (unpaired) electrons. The topological polar surface area (TPSA) is 101 Å². The highest BCUT2D eigenvalue weighted by Crippen LogP contribution is 2.14. The van der Waals surface area contributed by atoms with Gasteiger partial charge in [0.2, 0.25) is 0 Å². The first-order valence-corrected chi connectivity index (χ1v) is 6.01. The van der Waals surface area contributed by atoms with Crippen molar-refractivity contribution in [3.8, 4) is 0 Å². The molecule has 4 amide bonds. The molecule has 2 aliphatic rings. The smallest absolute Gasteiger partial charge is 0.330 e. The number of rotatable bonds is 4. The molecule has 0 aromatic heterocycles. The van der Waals surface area contributed by atoms with Crippen molar-refractivity contribution >= 4 is 29.6 Å². The molecule has 0 aromatic rings. The third kappa shape index (κ3) is 2.58. The number of amides is 4. The lowest BCUT2D eigenvalue weighted by Gasteiger charge is -2.15. The van der Waals surface area contributed by atoms with E-state index in [4.69, 9.17) is 0 Å². The molecular formula is C12H12N2O6. The van der Waals surface area contributed by atoms with E-state index in [0.29, 0.717) is 10.6 Å². The highest BCUT2D eigenvalue weighted by Gasteiger charge is 2.33. The Morgan fingerprint density at radius 2 is 1.80 bits per heavy atom. The zero-order chi connectivity index (χ0) is 14.9. The fourth-order valence-electron chi connectivity index (χ4n) is 1.86. The van der Waals surface area contributed by atoms with Crippen LogP contribution < -0.4 is 0 Å². The molecule has 0 bridgehead atoms. The lowest BCUT2D eigenvalue weighted by molar-refractivity contribution is -0.197. The zero-order valence-corrected chi connectivity index (χ0v) is 10.7. The Labute approximate surface area is 113 Å². The maximum absolute atomic E-state index is 11.5. The van der Waals surface area contributed by atoms with Gasteiger partial charge >= 0.3 is 5.97 Å². The maximum Gasteiger partial charge on any atom is 0.335 e. The van der Waals surface area contributed by atoms with E-state index in [0.717, 1.165) is 4.90 Å². The molecule has 0 spiro atoms. The van der Waals surface area contributed by atoms with Crippen molar-refractivity contribution in [1.82, 2.24) is 9.96 Å². The molecule has 20 heavy (non-hydrogen) atoms. The molecule has 2 rings (SSSR count). The van der Waals surface area contributed by atoms with Gasteiger partial charge in [0, 0.05) is 31.0 Å². The van der Waals surface area contributed by atoms with E-state index in [-0.39, 0.29) is 25.8 Å². The normalized spacial score (nSPS) is 18.9. The van der Waals surface area contributed by atoms with Crippen LogP contribution in [0.1, 0.15) is 26.2 Å². The molecule has 0 unspecified atom stereocenters. The van der Waals surface area contributed by atoms with Gasteiger partial charge in [-0.3, -0.25) is 24.1 Å². The van der Waals surface area contributed by atoms with Gasteiger partial charge in [-0.15, -0.1) is 5.06 Å². The van der Waals surface area contributed by atoms with Crippen molar-refractivity contribution in [2.24, 2.45) is 0 Å². The van der Waals surface area contributed by atoms with Gasteiger partial charge in [0.15, 0.2) is 0 Å². The van der Waals surface area contributed by atoms with Gasteiger partial charge in [0.25, 0.3) is 23.6 Å². The van der Waals surface area contributed by atoms with E-state index < -0.39 is 29.6 Å². The Bertz CT molecular complexity index is 534. The third-order valence-corrected chi connectivity index (χ3v) is 2.93. The molecule has 0 aliphatic carbocycles. The van der Waals surface area contributed by atoms with Gasteiger partial charge in [-0.05, 0) is 6.92 Å². The Hall–Kier alpha value is -2.51. The van der Waals surface area contributed by atoms with Gasteiger partial charge < -0.3 is 4.84 Å². The fraction of sp³-hybridized carbons (Fsp3) is 0.417. The quantitative estimate of drug-likeness (QED) is 0.631. The number of hydrogen-bond acceptors (Lipinski definition) is 6. The molecule has 1 fully saturated rings. The van der Waals surface area contributed by atoms with Gasteiger partial charge in [-0.25, -0.2) is 4.79 Å². The first-order valence-electron chi connectivity index (χ1n) is 6.01. The van der Waals surface area contributed by atoms with Crippen molar-refractivity contribution in [3.63, 3.8) is 0 Å². The van der Waals surface area contributed by atoms with E-state index >= 15 is 0 Å². The molecule has 2 aliphatic heterocycles. The number of carbonyl (C=O) groups excluding carboxylic acids is 5. The predicted molar refractivity (Wildman–Crippen MR) is 62.3 cm³/mol. The lowest BCUT2D eigenvalue weighted by atomic mass is 10.3. The Morgan fingerprint density at radius 1 is 1.20 bits per heavy atom. The highest BCUT2D eigenvalue weighted by molar-refractivity contribution is 6.16. The van der Waals surface area contributed by atoms with E-state index in [1.165, 1.54) is 13.0 Å². The zero-order valence-electron chi connectivity index (χ0n) is 10.7. The van der Waals surface area contributed by atoms with Crippen molar-refractivity contribution in [2.75, 3.05) is 6.54 Å². The van der Waals surface area contributed by atoms with Crippen LogP contribution in [-0.4, -0.2) is 46.1 Å². The summed E-state index contributed by atoms with van der Waals surface area (Å²) in [6.07, 6.45) is 0.924. The van der Waals surface area contributed by atoms with Gasteiger partial charge in [-0.1, -0.05) is 0 Å². The number of imide groups is 2. The van der Waals surface area contributed by atoms with E-state index in [9.17, 15) is 24.0 Å². The van der Waals surface area contributed by atoms with Crippen LogP contribution in [0.25, 0.3) is 0 Å².